The van der Waals surface area contributed by atoms with Gasteiger partial charge in [-0.3, -0.25) is 9.69 Å². The van der Waals surface area contributed by atoms with Crippen molar-refractivity contribution in [3.05, 3.63) is 65.4 Å². The number of aliphatic hydroxyl groups excluding tert-OH is 1. The zero-order valence-electron chi connectivity index (χ0n) is 23.8. The second kappa shape index (κ2) is 13.8. The maximum Gasteiger partial charge on any atom is 0.251 e. The van der Waals surface area contributed by atoms with E-state index in [1.54, 1.807) is 18.3 Å². The Kier molecular flexibility index (Phi) is 9.71. The molecule has 41 heavy (non-hydrogen) atoms. The fourth-order valence-corrected chi connectivity index (χ4v) is 4.86. The average molecular weight is 565 g/mol. The number of aromatic nitrogens is 2. The van der Waals surface area contributed by atoms with Gasteiger partial charge < -0.3 is 34.5 Å². The van der Waals surface area contributed by atoms with E-state index in [0.717, 1.165) is 44.6 Å². The van der Waals surface area contributed by atoms with Crippen LogP contribution in [0.15, 0.2) is 47.3 Å². The first-order valence-electron chi connectivity index (χ1n) is 14.3. The van der Waals surface area contributed by atoms with Crippen LogP contribution in [0.1, 0.15) is 46.5 Å². The summed E-state index contributed by atoms with van der Waals surface area (Å²) in [7, 11) is 3.96. The van der Waals surface area contributed by atoms with Crippen LogP contribution in [-0.2, 0) is 19.6 Å². The second-order valence-electron chi connectivity index (χ2n) is 11.0. The fraction of sp³-hybridized carbons (Fsp3) is 0.500. The van der Waals surface area contributed by atoms with Crippen LogP contribution < -0.4 is 20.1 Å². The molecule has 11 nitrogen and oxygen atoms in total. The summed E-state index contributed by atoms with van der Waals surface area (Å²) in [5, 5.41) is 17.0. The van der Waals surface area contributed by atoms with Gasteiger partial charge >= 0.3 is 0 Å². The minimum absolute atomic E-state index is 0.154. The smallest absolute Gasteiger partial charge is 0.251 e. The molecule has 0 saturated heterocycles. The second-order valence-corrected chi connectivity index (χ2v) is 11.0. The molecule has 1 aromatic carbocycles. The Hall–Kier alpha value is -3.67. The van der Waals surface area contributed by atoms with Crippen LogP contribution in [0, 0.1) is 0 Å². The number of carbonyl (C=O) groups excluding carboxylic acids is 1. The molecule has 0 radical (unpaired) electrons. The van der Waals surface area contributed by atoms with Gasteiger partial charge in [-0.25, -0.2) is 4.98 Å². The summed E-state index contributed by atoms with van der Waals surface area (Å²) in [6.45, 7) is 3.73. The molecule has 1 saturated carbocycles. The molecule has 2 aromatic heterocycles. The number of amides is 1. The lowest BCUT2D eigenvalue weighted by Crippen LogP contribution is -2.42. The van der Waals surface area contributed by atoms with Crippen LogP contribution in [0.3, 0.4) is 0 Å². The summed E-state index contributed by atoms with van der Waals surface area (Å²) >= 11 is 0. The molecular weight excluding hydrogens is 524 g/mol. The number of likely N-dealkylation sites (N-methyl/N-ethyl adjacent to an activating group) is 1. The number of rotatable bonds is 14. The number of ether oxygens (including phenoxy) is 2. The summed E-state index contributed by atoms with van der Waals surface area (Å²) in [5.74, 6) is 2.27. The molecule has 1 aliphatic carbocycles. The Bertz CT molecular complexity index is 1280. The van der Waals surface area contributed by atoms with Crippen molar-refractivity contribution in [3.63, 3.8) is 0 Å². The first-order valence-corrected chi connectivity index (χ1v) is 14.3. The zero-order valence-corrected chi connectivity index (χ0v) is 23.8. The third-order valence-electron chi connectivity index (χ3n) is 7.41. The third kappa shape index (κ3) is 8.42. The molecule has 3 aromatic rings. The number of hydrogen-bond donors (Lipinski definition) is 3. The number of fused-ring (bicyclic) bond motifs is 1. The van der Waals surface area contributed by atoms with E-state index in [-0.39, 0.29) is 12.5 Å². The standard InChI is InChI=1S/C30H40N6O5/c1-35(2)10-11-39-29-14-23(13-28(34-29)33-24-4-3-5-24)30(38)32-15-25(37)18-36-9-8-21-12-26(7-6-22(21)17-36)40-19-27-16-31-20-41-27/h6-7,12-14,16,20,24-25,37H,3-5,8-11,15,17-19H2,1-2H3,(H,32,38)(H,33,34). The predicted octanol–water partition coefficient (Wildman–Crippen LogP) is 2.70. The normalized spacial score (nSPS) is 16.1. The zero-order chi connectivity index (χ0) is 28.6. The van der Waals surface area contributed by atoms with E-state index in [0.29, 0.717) is 48.8 Å². The lowest BCUT2D eigenvalue weighted by Gasteiger charge is -2.30. The summed E-state index contributed by atoms with van der Waals surface area (Å²) in [6, 6.07) is 9.89. The van der Waals surface area contributed by atoms with Crippen molar-refractivity contribution in [1.29, 1.82) is 0 Å². The Morgan fingerprint density at radius 3 is 2.85 bits per heavy atom. The minimum atomic E-state index is -0.699. The molecular formula is C30H40N6O5. The first kappa shape index (κ1) is 28.8. The number of benzene rings is 1. The van der Waals surface area contributed by atoms with E-state index in [4.69, 9.17) is 13.9 Å². The van der Waals surface area contributed by atoms with Crippen LogP contribution in [0.25, 0.3) is 0 Å². The number of pyridine rings is 1. The van der Waals surface area contributed by atoms with E-state index in [1.165, 1.54) is 23.9 Å². The van der Waals surface area contributed by atoms with Crippen LogP contribution >= 0.6 is 0 Å². The van der Waals surface area contributed by atoms with Crippen molar-refractivity contribution >= 4 is 11.7 Å². The minimum Gasteiger partial charge on any atom is -0.486 e. The monoisotopic (exact) mass is 564 g/mol. The van der Waals surface area contributed by atoms with E-state index in [2.05, 4.69) is 37.6 Å². The Morgan fingerprint density at radius 1 is 1.22 bits per heavy atom. The van der Waals surface area contributed by atoms with Gasteiger partial charge in [-0.15, -0.1) is 0 Å². The highest BCUT2D eigenvalue weighted by atomic mass is 16.5. The number of anilines is 1. The van der Waals surface area contributed by atoms with Gasteiger partial charge in [-0.05, 0) is 69.1 Å². The van der Waals surface area contributed by atoms with Gasteiger partial charge in [-0.2, -0.15) is 4.98 Å². The Balaban J connectivity index is 1.11. The van der Waals surface area contributed by atoms with E-state index in [9.17, 15) is 9.90 Å². The molecule has 2 aliphatic rings. The lowest BCUT2D eigenvalue weighted by atomic mass is 9.93. The maximum absolute atomic E-state index is 13.0. The molecule has 0 spiro atoms. The summed E-state index contributed by atoms with van der Waals surface area (Å²) in [5.41, 5.74) is 2.92. The van der Waals surface area contributed by atoms with Crippen LogP contribution in [0.4, 0.5) is 5.82 Å². The number of oxazole rings is 1. The molecule has 1 unspecified atom stereocenters. The highest BCUT2D eigenvalue weighted by Crippen LogP contribution is 2.26. The lowest BCUT2D eigenvalue weighted by molar-refractivity contribution is 0.0841. The third-order valence-corrected chi connectivity index (χ3v) is 7.41. The molecule has 3 heterocycles. The highest BCUT2D eigenvalue weighted by Gasteiger charge is 2.22. The Labute approximate surface area is 240 Å². The first-order chi connectivity index (χ1) is 19.9. The molecule has 1 amide bonds. The van der Waals surface area contributed by atoms with Crippen molar-refractivity contribution in [1.82, 2.24) is 25.1 Å². The topological polar surface area (TPSA) is 125 Å². The number of carbonyl (C=O) groups is 1. The van der Waals surface area contributed by atoms with Gasteiger partial charge in [0, 0.05) is 50.4 Å². The van der Waals surface area contributed by atoms with Gasteiger partial charge in [0.05, 0.1) is 12.3 Å². The SMILES string of the molecule is CN(C)CCOc1cc(C(=O)NCC(O)CN2CCc3cc(OCc4cnco4)ccc3C2)cc(NC2CCC2)n1. The number of aliphatic hydroxyl groups is 1. The van der Waals surface area contributed by atoms with E-state index in [1.807, 2.05) is 25.1 Å². The van der Waals surface area contributed by atoms with Crippen molar-refractivity contribution in [3.8, 4) is 11.6 Å². The van der Waals surface area contributed by atoms with Gasteiger partial charge in [-0.1, -0.05) is 6.07 Å². The van der Waals surface area contributed by atoms with Crippen LogP contribution in [-0.4, -0.2) is 89.8 Å². The van der Waals surface area contributed by atoms with Gasteiger partial charge in [0.25, 0.3) is 5.91 Å². The van der Waals surface area contributed by atoms with Gasteiger partial charge in [0.15, 0.2) is 12.2 Å². The van der Waals surface area contributed by atoms with E-state index >= 15 is 0 Å². The van der Waals surface area contributed by atoms with Crippen molar-refractivity contribution in [2.24, 2.45) is 0 Å². The Morgan fingerprint density at radius 2 is 2.10 bits per heavy atom. The molecule has 5 rings (SSSR count). The van der Waals surface area contributed by atoms with Crippen LogP contribution in [0.5, 0.6) is 11.6 Å². The molecule has 3 N–H and O–H groups in total. The molecule has 1 atom stereocenters. The van der Waals surface area contributed by atoms with Gasteiger partial charge in [0.1, 0.15) is 24.8 Å². The quantitative estimate of drug-likeness (QED) is 0.269. The maximum atomic E-state index is 13.0. The van der Waals surface area contributed by atoms with E-state index < -0.39 is 6.10 Å². The summed E-state index contributed by atoms with van der Waals surface area (Å²) in [4.78, 5) is 25.7. The number of nitrogens with one attached hydrogen (secondary N) is 2. The fourth-order valence-electron chi connectivity index (χ4n) is 4.86. The van der Waals surface area contributed by atoms with Gasteiger partial charge in [0.2, 0.25) is 5.88 Å². The summed E-state index contributed by atoms with van der Waals surface area (Å²) in [6.07, 6.45) is 6.59. The van der Waals surface area contributed by atoms with Crippen molar-refractivity contribution in [2.45, 2.75) is 51.0 Å². The number of hydrogen-bond acceptors (Lipinski definition) is 10. The molecule has 1 fully saturated rings. The molecule has 0 bridgehead atoms. The molecule has 11 heteroatoms. The predicted molar refractivity (Wildman–Crippen MR) is 154 cm³/mol. The summed E-state index contributed by atoms with van der Waals surface area (Å²) < 4.78 is 16.9. The molecule has 1 aliphatic heterocycles. The van der Waals surface area contributed by atoms with Crippen molar-refractivity contribution in [2.75, 3.05) is 52.2 Å². The van der Waals surface area contributed by atoms with Crippen LogP contribution in [0.2, 0.25) is 0 Å². The number of nitrogens with zero attached hydrogens (tertiary/aromatic N) is 4. The number of β-amino-alcohol motifs (C(OH)–C–C–N with tert-alkyl or cyclic N) is 1. The average Bonchev–Trinajstić information content (AvgIpc) is 3.46. The molecule has 220 valence electrons. The largest absolute Gasteiger partial charge is 0.486 e. The highest BCUT2D eigenvalue weighted by molar-refractivity contribution is 5.95. The van der Waals surface area contributed by atoms with Crippen molar-refractivity contribution < 1.29 is 23.8 Å².